The van der Waals surface area contributed by atoms with E-state index < -0.39 is 0 Å². The van der Waals surface area contributed by atoms with E-state index in [1.165, 1.54) is 26.5 Å². The average Bonchev–Trinajstić information content (AvgIpc) is 3.86. The van der Waals surface area contributed by atoms with Crippen LogP contribution in [-0.4, -0.2) is 24.5 Å². The van der Waals surface area contributed by atoms with Gasteiger partial charge in [0.2, 0.25) is 0 Å². The largest absolute Gasteiger partial charge is 0.309 e. The summed E-state index contributed by atoms with van der Waals surface area (Å²) >= 11 is 1.74. The fourth-order valence-electron chi connectivity index (χ4n) is 7.68. The molecule has 0 saturated carbocycles. The molecule has 56 heavy (non-hydrogen) atoms. The van der Waals surface area contributed by atoms with E-state index in [0.29, 0.717) is 17.5 Å². The van der Waals surface area contributed by atoms with Gasteiger partial charge < -0.3 is 4.57 Å². The van der Waals surface area contributed by atoms with Crippen LogP contribution < -0.4 is 0 Å². The zero-order chi connectivity index (χ0) is 37.0. The number of rotatable bonds is 6. The van der Waals surface area contributed by atoms with Crippen LogP contribution in [-0.2, 0) is 0 Å². The predicted molar refractivity (Wildman–Crippen MR) is 232 cm³/mol. The molecule has 0 radical (unpaired) electrons. The highest BCUT2D eigenvalue weighted by Gasteiger charge is 2.16. The van der Waals surface area contributed by atoms with Crippen molar-refractivity contribution in [3.05, 3.63) is 188 Å². The van der Waals surface area contributed by atoms with E-state index in [1.54, 1.807) is 11.3 Å². The number of thiazole rings is 1. The molecule has 0 N–H and O–H groups in total. The van der Waals surface area contributed by atoms with E-state index in [9.17, 15) is 0 Å². The van der Waals surface area contributed by atoms with Crippen LogP contribution in [0, 0.1) is 0 Å². The lowest BCUT2D eigenvalue weighted by molar-refractivity contribution is 1.07. The zero-order valence-corrected chi connectivity index (χ0v) is 30.9. The second-order valence-corrected chi connectivity index (χ2v) is 15.0. The van der Waals surface area contributed by atoms with Crippen LogP contribution >= 0.6 is 11.3 Å². The van der Waals surface area contributed by atoms with E-state index in [0.717, 1.165) is 60.4 Å². The Kier molecular flexibility index (Phi) is 7.60. The summed E-state index contributed by atoms with van der Waals surface area (Å²) in [5.41, 5.74) is 10.9. The van der Waals surface area contributed by atoms with E-state index >= 15 is 0 Å². The highest BCUT2D eigenvalue weighted by atomic mass is 32.1. The Morgan fingerprint density at radius 2 is 0.911 bits per heavy atom. The van der Waals surface area contributed by atoms with Gasteiger partial charge in [0.15, 0.2) is 17.5 Å². The molecule has 0 bridgehead atoms. The van der Waals surface area contributed by atoms with E-state index in [1.807, 2.05) is 66.7 Å². The van der Waals surface area contributed by atoms with Crippen molar-refractivity contribution in [3.8, 4) is 61.5 Å². The highest BCUT2D eigenvalue weighted by Crippen LogP contribution is 2.38. The van der Waals surface area contributed by atoms with Gasteiger partial charge in [-0.25, -0.2) is 19.9 Å². The molecular formula is C50H31N5S. The van der Waals surface area contributed by atoms with Crippen LogP contribution in [0.15, 0.2) is 188 Å². The molecule has 0 fully saturated rings. The van der Waals surface area contributed by atoms with Gasteiger partial charge in [-0.15, -0.1) is 11.3 Å². The summed E-state index contributed by atoms with van der Waals surface area (Å²) in [5.74, 6) is 1.96. The fraction of sp³-hybridized carbons (Fsp3) is 0. The molecule has 11 aromatic rings. The summed E-state index contributed by atoms with van der Waals surface area (Å²) < 4.78 is 3.57. The maximum Gasteiger partial charge on any atom is 0.164 e. The van der Waals surface area contributed by atoms with Crippen molar-refractivity contribution >= 4 is 54.1 Å². The molecule has 0 saturated heterocycles. The Labute approximate surface area is 326 Å². The summed E-state index contributed by atoms with van der Waals surface area (Å²) in [6.45, 7) is 0. The van der Waals surface area contributed by atoms with Crippen LogP contribution in [0.1, 0.15) is 0 Å². The first-order valence-electron chi connectivity index (χ1n) is 18.6. The molecule has 262 valence electrons. The summed E-state index contributed by atoms with van der Waals surface area (Å²) in [6.07, 6.45) is 0. The van der Waals surface area contributed by atoms with Crippen molar-refractivity contribution in [2.45, 2.75) is 0 Å². The molecule has 5 nitrogen and oxygen atoms in total. The lowest BCUT2D eigenvalue weighted by Crippen LogP contribution is -2.00. The van der Waals surface area contributed by atoms with Crippen molar-refractivity contribution in [3.63, 3.8) is 0 Å². The molecule has 3 heterocycles. The Hall–Kier alpha value is -7.28. The lowest BCUT2D eigenvalue weighted by atomic mass is 9.99. The van der Waals surface area contributed by atoms with Gasteiger partial charge in [0.05, 0.1) is 21.3 Å². The zero-order valence-electron chi connectivity index (χ0n) is 30.0. The number of hydrogen-bond acceptors (Lipinski definition) is 5. The van der Waals surface area contributed by atoms with Crippen LogP contribution in [0.5, 0.6) is 0 Å². The van der Waals surface area contributed by atoms with E-state index in [-0.39, 0.29) is 0 Å². The molecule has 0 amide bonds. The minimum atomic E-state index is 0.650. The molecule has 0 aliphatic carbocycles. The standard InChI is InChI=1S/C50H31N5S/c1-3-11-33(12-4-1)47-52-48(34-13-5-2-6-14-34)54-49(53-47)38-22-21-36-29-35(19-20-37(36)30-38)32-23-26-40(27-24-32)55-44-17-9-7-15-41(44)42-31-39(25-28-45(42)55)50-51-43-16-8-10-18-46(43)56-50/h1-31H. The third kappa shape index (κ3) is 5.63. The predicted octanol–water partition coefficient (Wildman–Crippen LogP) is 13.1. The van der Waals surface area contributed by atoms with Gasteiger partial charge in [0, 0.05) is 38.7 Å². The molecule has 0 atom stereocenters. The second-order valence-electron chi connectivity index (χ2n) is 13.9. The Morgan fingerprint density at radius 1 is 0.357 bits per heavy atom. The molecule has 0 unspecified atom stereocenters. The normalized spacial score (nSPS) is 11.6. The Bertz CT molecular complexity index is 3150. The van der Waals surface area contributed by atoms with Crippen molar-refractivity contribution in [2.24, 2.45) is 0 Å². The molecule has 3 aromatic heterocycles. The average molecular weight is 734 g/mol. The van der Waals surface area contributed by atoms with Gasteiger partial charge in [0.25, 0.3) is 0 Å². The first-order valence-corrected chi connectivity index (χ1v) is 19.4. The van der Waals surface area contributed by atoms with Crippen molar-refractivity contribution in [1.82, 2.24) is 24.5 Å². The molecule has 0 spiro atoms. The molecule has 0 aliphatic heterocycles. The second kappa shape index (κ2) is 13.2. The summed E-state index contributed by atoms with van der Waals surface area (Å²) in [6, 6.07) is 65.9. The van der Waals surface area contributed by atoms with Crippen molar-refractivity contribution in [1.29, 1.82) is 0 Å². The monoisotopic (exact) mass is 733 g/mol. The van der Waals surface area contributed by atoms with Crippen LogP contribution in [0.2, 0.25) is 0 Å². The highest BCUT2D eigenvalue weighted by molar-refractivity contribution is 7.21. The Balaban J connectivity index is 0.929. The van der Waals surface area contributed by atoms with Gasteiger partial charge in [-0.1, -0.05) is 127 Å². The molecule has 11 rings (SSSR count). The number of hydrogen-bond donors (Lipinski definition) is 0. The van der Waals surface area contributed by atoms with Crippen molar-refractivity contribution in [2.75, 3.05) is 0 Å². The van der Waals surface area contributed by atoms with Crippen LogP contribution in [0.3, 0.4) is 0 Å². The van der Waals surface area contributed by atoms with Crippen LogP contribution in [0.25, 0.3) is 104 Å². The number of benzene rings is 8. The number of fused-ring (bicyclic) bond motifs is 5. The summed E-state index contributed by atoms with van der Waals surface area (Å²) in [4.78, 5) is 19.7. The lowest BCUT2D eigenvalue weighted by Gasteiger charge is -2.11. The summed E-state index contributed by atoms with van der Waals surface area (Å²) in [5, 5.41) is 5.78. The number of nitrogens with zero attached hydrogens (tertiary/aromatic N) is 5. The smallest absolute Gasteiger partial charge is 0.164 e. The first-order chi connectivity index (χ1) is 27.7. The third-order valence-corrected chi connectivity index (χ3v) is 11.6. The number of para-hydroxylation sites is 2. The quantitative estimate of drug-likeness (QED) is 0.171. The molecular weight excluding hydrogens is 703 g/mol. The third-order valence-electron chi connectivity index (χ3n) is 10.5. The van der Waals surface area contributed by atoms with Gasteiger partial charge >= 0.3 is 0 Å². The molecule has 6 heteroatoms. The Morgan fingerprint density at radius 3 is 1.62 bits per heavy atom. The van der Waals surface area contributed by atoms with E-state index in [4.69, 9.17) is 19.9 Å². The van der Waals surface area contributed by atoms with Crippen LogP contribution in [0.4, 0.5) is 0 Å². The minimum absolute atomic E-state index is 0.650. The van der Waals surface area contributed by atoms with Crippen molar-refractivity contribution < 1.29 is 0 Å². The maximum atomic E-state index is 4.94. The summed E-state index contributed by atoms with van der Waals surface area (Å²) in [7, 11) is 0. The van der Waals surface area contributed by atoms with Gasteiger partial charge in [-0.3, -0.25) is 0 Å². The maximum absolute atomic E-state index is 4.94. The SMILES string of the molecule is c1ccc(-c2nc(-c3ccccc3)nc(-c3ccc4cc(-c5ccc(-n6c7ccccc7c7cc(-c8nc9ccccc9s8)ccc76)cc5)ccc4c3)n2)cc1. The van der Waals surface area contributed by atoms with Gasteiger partial charge in [0.1, 0.15) is 5.01 Å². The number of aromatic nitrogens is 5. The molecule has 0 aliphatic rings. The fourth-order valence-corrected chi connectivity index (χ4v) is 8.65. The minimum Gasteiger partial charge on any atom is -0.309 e. The first kappa shape index (κ1) is 32.2. The van der Waals surface area contributed by atoms with E-state index in [2.05, 4.69) is 126 Å². The molecule has 8 aromatic carbocycles. The van der Waals surface area contributed by atoms with Gasteiger partial charge in [-0.05, 0) is 82.6 Å². The van der Waals surface area contributed by atoms with Gasteiger partial charge in [-0.2, -0.15) is 0 Å². The topological polar surface area (TPSA) is 56.5 Å².